The van der Waals surface area contributed by atoms with Gasteiger partial charge < -0.3 is 39.1 Å². The van der Waals surface area contributed by atoms with Gasteiger partial charge in [-0.25, -0.2) is 19.6 Å². The number of carbonyl (C=O) groups is 2. The van der Waals surface area contributed by atoms with Gasteiger partial charge in [-0.3, -0.25) is 9.59 Å². The third-order valence-corrected chi connectivity index (χ3v) is 16.9. The van der Waals surface area contributed by atoms with E-state index in [2.05, 4.69) is 38.3 Å². The number of benzene rings is 2. The monoisotopic (exact) mass is 902 g/mol. The van der Waals surface area contributed by atoms with Crippen molar-refractivity contribution in [2.75, 3.05) is 13.1 Å². The number of hydrogen-bond donors (Lipinski definition) is 2. The van der Waals surface area contributed by atoms with Crippen LogP contribution in [0, 0.1) is 47.3 Å². The van der Waals surface area contributed by atoms with Crippen LogP contribution in [-0.4, -0.2) is 72.8 Å². The molecule has 0 radical (unpaired) electrons. The van der Waals surface area contributed by atoms with Crippen molar-refractivity contribution in [3.05, 3.63) is 70.8 Å². The van der Waals surface area contributed by atoms with Gasteiger partial charge in [0, 0.05) is 60.7 Å². The van der Waals surface area contributed by atoms with Crippen LogP contribution in [0.2, 0.25) is 0 Å². The average Bonchev–Trinajstić information content (AvgIpc) is 3.68. The Hall–Kier alpha value is -3.02. The standard InChI is InChI=1S/C51H70N2O12/c1-30-10-20-40-32(3)44(58-46-50(40)38(30)22-24-48(5,60-46)62-64-50)56-28-34-12-16-36(17-13-34)42(54)52-26-8-7-9-27-53-43(55)37-18-14-35(15-19-37)29-57-45-33(4)41-21-11-31(2)39-23-25-49(6)61-47(59-45)51(39,41)65-63-49/h12-19,30-33,38-41,44-47H,7-11,20-29H2,1-6H3,(H,52,54)(H,53,55)/t30-,31-,32-,33-,38?,39?,40?,41?,44+,45+,46?,47?,48-,49-,50-,51-/m1/s1. The van der Waals surface area contributed by atoms with E-state index in [-0.39, 0.29) is 35.5 Å². The maximum Gasteiger partial charge on any atom is 0.251 e. The first-order valence-corrected chi connectivity index (χ1v) is 24.7. The van der Waals surface area contributed by atoms with Crippen LogP contribution < -0.4 is 10.6 Å². The molecule has 12 rings (SSSR count). The molecule has 14 heteroatoms. The Morgan fingerprint density at radius 2 is 0.969 bits per heavy atom. The molecule has 0 aromatic heterocycles. The number of amides is 2. The summed E-state index contributed by atoms with van der Waals surface area (Å²) in [5.74, 6) is 0.340. The maximum absolute atomic E-state index is 12.9. The summed E-state index contributed by atoms with van der Waals surface area (Å²) < 4.78 is 38.9. The Bertz CT molecular complexity index is 1880. The second-order valence-corrected chi connectivity index (χ2v) is 21.1. The van der Waals surface area contributed by atoms with E-state index in [1.165, 1.54) is 0 Å². The molecule has 2 aromatic rings. The molecule has 65 heavy (non-hydrogen) atoms. The lowest BCUT2D eigenvalue weighted by Crippen LogP contribution is -2.70. The molecule has 2 N–H and O–H groups in total. The molecule has 16 atom stereocenters. The van der Waals surface area contributed by atoms with Crippen LogP contribution in [0.4, 0.5) is 0 Å². The quantitative estimate of drug-likeness (QED) is 0.138. The molecule has 2 aliphatic carbocycles. The van der Waals surface area contributed by atoms with Gasteiger partial charge in [0.05, 0.1) is 13.2 Å². The molecule has 8 aliphatic heterocycles. The molecule has 2 aromatic carbocycles. The number of carbonyl (C=O) groups excluding carboxylic acids is 2. The first-order valence-electron chi connectivity index (χ1n) is 24.7. The first-order chi connectivity index (χ1) is 31.3. The van der Waals surface area contributed by atoms with Crippen LogP contribution in [0.25, 0.3) is 0 Å². The summed E-state index contributed by atoms with van der Waals surface area (Å²) in [5, 5.41) is 6.06. The summed E-state index contributed by atoms with van der Waals surface area (Å²) in [7, 11) is 0. The third kappa shape index (κ3) is 8.39. The molecular weight excluding hydrogens is 833 g/mol. The zero-order chi connectivity index (χ0) is 45.1. The van der Waals surface area contributed by atoms with Gasteiger partial charge in [-0.15, -0.1) is 0 Å². The molecule has 10 aliphatic rings. The predicted octanol–water partition coefficient (Wildman–Crippen LogP) is 8.47. The molecule has 2 saturated carbocycles. The van der Waals surface area contributed by atoms with E-state index in [0.29, 0.717) is 61.1 Å². The largest absolute Gasteiger partial charge is 0.352 e. The Morgan fingerprint density at radius 3 is 1.38 bits per heavy atom. The summed E-state index contributed by atoms with van der Waals surface area (Å²) in [4.78, 5) is 50.3. The van der Waals surface area contributed by atoms with Crippen LogP contribution in [0.1, 0.15) is 144 Å². The van der Waals surface area contributed by atoms with Gasteiger partial charge >= 0.3 is 0 Å². The number of fused-ring (bicyclic) bond motifs is 4. The van der Waals surface area contributed by atoms with Crippen LogP contribution in [0.3, 0.4) is 0 Å². The first kappa shape index (κ1) is 45.7. The zero-order valence-electron chi connectivity index (χ0n) is 39.1. The van der Waals surface area contributed by atoms with Gasteiger partial charge in [-0.05, 0) is 131 Å². The van der Waals surface area contributed by atoms with Crippen LogP contribution in [-0.2, 0) is 61.2 Å². The number of nitrogens with one attached hydrogen (secondary N) is 2. The molecule has 8 saturated heterocycles. The highest BCUT2D eigenvalue weighted by Crippen LogP contribution is 2.62. The number of unbranched alkanes of at least 4 members (excludes halogenated alkanes) is 2. The van der Waals surface area contributed by atoms with Crippen molar-refractivity contribution in [3.8, 4) is 0 Å². The van der Waals surface area contributed by atoms with E-state index >= 15 is 0 Å². The summed E-state index contributed by atoms with van der Waals surface area (Å²) in [6.07, 6.45) is 8.34. The molecule has 8 heterocycles. The predicted molar refractivity (Wildman–Crippen MR) is 235 cm³/mol. The van der Waals surface area contributed by atoms with Crippen molar-refractivity contribution >= 4 is 11.8 Å². The molecule has 6 unspecified atom stereocenters. The number of hydrogen-bond acceptors (Lipinski definition) is 12. The van der Waals surface area contributed by atoms with Crippen molar-refractivity contribution in [3.63, 3.8) is 0 Å². The summed E-state index contributed by atoms with van der Waals surface area (Å²) in [5.41, 5.74) is 1.89. The molecule has 4 bridgehead atoms. The van der Waals surface area contributed by atoms with Gasteiger partial charge in [0.1, 0.15) is 0 Å². The molecule has 2 spiro atoms. The average molecular weight is 903 g/mol. The van der Waals surface area contributed by atoms with Crippen molar-refractivity contribution < 1.29 is 57.6 Å². The summed E-state index contributed by atoms with van der Waals surface area (Å²) in [6, 6.07) is 15.1. The second-order valence-electron chi connectivity index (χ2n) is 21.1. The third-order valence-electron chi connectivity index (χ3n) is 16.9. The van der Waals surface area contributed by atoms with Gasteiger partial charge in [0.25, 0.3) is 11.8 Å². The molecule has 356 valence electrons. The Morgan fingerprint density at radius 1 is 0.554 bits per heavy atom. The highest BCUT2D eigenvalue weighted by Gasteiger charge is 2.71. The van der Waals surface area contributed by atoms with Crippen molar-refractivity contribution in [1.29, 1.82) is 0 Å². The second kappa shape index (κ2) is 18.1. The molecule has 2 amide bonds. The highest BCUT2D eigenvalue weighted by molar-refractivity contribution is 5.94. The van der Waals surface area contributed by atoms with Crippen molar-refractivity contribution in [2.45, 2.75) is 173 Å². The van der Waals surface area contributed by atoms with Crippen molar-refractivity contribution in [2.24, 2.45) is 47.3 Å². The van der Waals surface area contributed by atoms with Crippen LogP contribution in [0.5, 0.6) is 0 Å². The fraction of sp³-hybridized carbons (Fsp3) is 0.725. The lowest BCUT2D eigenvalue weighted by molar-refractivity contribution is -0.577. The number of ether oxygens (including phenoxy) is 6. The fourth-order valence-corrected chi connectivity index (χ4v) is 13.0. The Kier molecular flexibility index (Phi) is 12.8. The lowest BCUT2D eigenvalue weighted by atomic mass is 9.58. The van der Waals surface area contributed by atoms with E-state index in [4.69, 9.17) is 48.0 Å². The van der Waals surface area contributed by atoms with Gasteiger partial charge in [0.2, 0.25) is 11.6 Å². The lowest BCUT2D eigenvalue weighted by Gasteiger charge is -2.60. The van der Waals surface area contributed by atoms with Gasteiger partial charge in [0.15, 0.2) is 36.4 Å². The van der Waals surface area contributed by atoms with Crippen molar-refractivity contribution in [1.82, 2.24) is 10.6 Å². The summed E-state index contributed by atoms with van der Waals surface area (Å²) in [6.45, 7) is 14.7. The van der Waals surface area contributed by atoms with E-state index in [1.54, 1.807) is 0 Å². The Balaban J connectivity index is 0.619. The highest BCUT2D eigenvalue weighted by atomic mass is 17.3. The minimum absolute atomic E-state index is 0.0935. The van der Waals surface area contributed by atoms with E-state index in [1.807, 2.05) is 62.4 Å². The smallest absolute Gasteiger partial charge is 0.251 e. The van der Waals surface area contributed by atoms with E-state index < -0.39 is 47.9 Å². The summed E-state index contributed by atoms with van der Waals surface area (Å²) >= 11 is 0. The SMILES string of the molecule is C[C@@H]1CCC2[C@@H](C)[C@@H](OCc3ccc(C(=O)NCCCCCNC(=O)c4ccc(CO[C@H]5OC6O[C@@]7(C)CCC8[C@H](C)CCC([C@H]5C)[C@@]68OO7)cc4)cc3)OC3O[C@@]4(C)CCC1[C@]32OO4. The fourth-order valence-electron chi connectivity index (χ4n) is 13.0. The van der Waals surface area contributed by atoms with Gasteiger partial charge in [-0.2, -0.15) is 0 Å². The zero-order valence-corrected chi connectivity index (χ0v) is 39.1. The maximum atomic E-state index is 12.9. The van der Waals surface area contributed by atoms with Crippen LogP contribution in [0.15, 0.2) is 48.5 Å². The number of rotatable bonds is 14. The molecular formula is C51H70N2O12. The van der Waals surface area contributed by atoms with Gasteiger partial charge in [-0.1, -0.05) is 52.0 Å². The molecule has 14 nitrogen and oxygen atoms in total. The van der Waals surface area contributed by atoms with Crippen LogP contribution >= 0.6 is 0 Å². The van der Waals surface area contributed by atoms with E-state index in [9.17, 15) is 9.59 Å². The normalized spacial score (nSPS) is 42.6. The minimum atomic E-state index is -0.823. The van der Waals surface area contributed by atoms with E-state index in [0.717, 1.165) is 81.8 Å². The minimum Gasteiger partial charge on any atom is -0.352 e. The Labute approximate surface area is 383 Å². The molecule has 10 fully saturated rings. The topological polar surface area (TPSA) is 150 Å².